The molecule has 0 saturated heterocycles. The molecule has 1 saturated carbocycles. The second-order valence-electron chi connectivity index (χ2n) is 2.93. The Kier molecular flexibility index (Phi) is 1.37. The smallest absolute Gasteiger partial charge is 0.170 e. The van der Waals surface area contributed by atoms with Crippen molar-refractivity contribution in [2.24, 2.45) is 7.05 Å². The van der Waals surface area contributed by atoms with Gasteiger partial charge in [0.25, 0.3) is 0 Å². The van der Waals surface area contributed by atoms with E-state index < -0.39 is 0 Å². The van der Waals surface area contributed by atoms with Crippen LogP contribution in [0.2, 0.25) is 0 Å². The molecule has 3 heteroatoms. The summed E-state index contributed by atoms with van der Waals surface area (Å²) in [5.74, 6) is 1.49. The second-order valence-corrected chi connectivity index (χ2v) is 2.93. The van der Waals surface area contributed by atoms with Gasteiger partial charge in [0.05, 0.1) is 12.8 Å². The van der Waals surface area contributed by atoms with Crippen LogP contribution in [0.25, 0.3) is 0 Å². The van der Waals surface area contributed by atoms with Crippen molar-refractivity contribution in [3.05, 3.63) is 11.9 Å². The molecular weight excluding hydrogens is 140 g/mol. The highest BCUT2D eigenvalue weighted by Gasteiger charge is 2.30. The number of aryl methyl sites for hydroxylation is 1. The van der Waals surface area contributed by atoms with E-state index in [2.05, 4.69) is 11.3 Å². The van der Waals surface area contributed by atoms with Gasteiger partial charge in [-0.2, -0.15) is 5.10 Å². The molecule has 0 unspecified atom stereocenters. The van der Waals surface area contributed by atoms with Crippen LogP contribution < -0.4 is 4.74 Å². The fourth-order valence-electron chi connectivity index (χ4n) is 1.34. The maximum absolute atomic E-state index is 5.13. The van der Waals surface area contributed by atoms with Gasteiger partial charge in [0.2, 0.25) is 0 Å². The first kappa shape index (κ1) is 6.70. The van der Waals surface area contributed by atoms with E-state index in [1.807, 2.05) is 11.7 Å². The summed E-state index contributed by atoms with van der Waals surface area (Å²) >= 11 is 0. The highest BCUT2D eigenvalue weighted by Crippen LogP contribution is 2.43. The van der Waals surface area contributed by atoms with E-state index in [0.29, 0.717) is 5.92 Å². The van der Waals surface area contributed by atoms with E-state index in [0.717, 1.165) is 5.75 Å². The van der Waals surface area contributed by atoms with E-state index in [1.54, 1.807) is 7.11 Å². The Morgan fingerprint density at radius 2 is 2.36 bits per heavy atom. The van der Waals surface area contributed by atoms with E-state index >= 15 is 0 Å². The largest absolute Gasteiger partial charge is 0.492 e. The van der Waals surface area contributed by atoms with E-state index in [1.165, 1.54) is 18.5 Å². The Morgan fingerprint density at radius 1 is 1.64 bits per heavy atom. The molecule has 3 nitrogen and oxygen atoms in total. The summed E-state index contributed by atoms with van der Waals surface area (Å²) in [6.45, 7) is 0. The SMILES string of the molecule is COc1[c]nn(C)c1C1CC1. The fraction of sp³-hybridized carbons (Fsp3) is 0.625. The second kappa shape index (κ2) is 2.26. The molecule has 0 atom stereocenters. The zero-order valence-corrected chi connectivity index (χ0v) is 6.79. The number of ether oxygens (including phenoxy) is 1. The molecule has 0 bridgehead atoms. The van der Waals surface area contributed by atoms with Gasteiger partial charge in [0, 0.05) is 13.0 Å². The minimum atomic E-state index is 0.675. The van der Waals surface area contributed by atoms with Crippen molar-refractivity contribution in [3.8, 4) is 5.75 Å². The zero-order valence-electron chi connectivity index (χ0n) is 6.79. The predicted octanol–water partition coefficient (Wildman–Crippen LogP) is 1.11. The Bertz CT molecular complexity index is 263. The molecular formula is C8H11N2O. The van der Waals surface area contributed by atoms with Gasteiger partial charge in [-0.1, -0.05) is 0 Å². The normalized spacial score (nSPS) is 16.9. The number of rotatable bonds is 2. The van der Waals surface area contributed by atoms with E-state index in [-0.39, 0.29) is 0 Å². The molecule has 1 heterocycles. The van der Waals surface area contributed by atoms with Crippen molar-refractivity contribution in [1.29, 1.82) is 0 Å². The molecule has 0 spiro atoms. The number of methoxy groups -OCH3 is 1. The zero-order chi connectivity index (χ0) is 7.84. The van der Waals surface area contributed by atoms with Gasteiger partial charge in [-0.15, -0.1) is 0 Å². The standard InChI is InChI=1S/C8H11N2O/c1-10-8(6-3-4-6)7(11-2)5-9-10/h6H,3-4H2,1-2H3. The molecule has 11 heavy (non-hydrogen) atoms. The molecule has 1 aromatic heterocycles. The molecule has 1 aromatic rings. The maximum atomic E-state index is 5.13. The maximum Gasteiger partial charge on any atom is 0.170 e. The van der Waals surface area contributed by atoms with Crippen LogP contribution in [0, 0.1) is 6.20 Å². The molecule has 0 aromatic carbocycles. The Labute approximate surface area is 66.0 Å². The summed E-state index contributed by atoms with van der Waals surface area (Å²) in [6, 6.07) is 0. The van der Waals surface area contributed by atoms with Crippen molar-refractivity contribution in [2.45, 2.75) is 18.8 Å². The van der Waals surface area contributed by atoms with Gasteiger partial charge < -0.3 is 4.74 Å². The van der Waals surface area contributed by atoms with Gasteiger partial charge >= 0.3 is 0 Å². The quantitative estimate of drug-likeness (QED) is 0.633. The highest BCUT2D eigenvalue weighted by atomic mass is 16.5. The lowest BCUT2D eigenvalue weighted by atomic mass is 10.3. The van der Waals surface area contributed by atoms with Crippen molar-refractivity contribution < 1.29 is 4.74 Å². The molecule has 0 amide bonds. The minimum Gasteiger partial charge on any atom is -0.492 e. The lowest BCUT2D eigenvalue weighted by Gasteiger charge is -2.01. The summed E-state index contributed by atoms with van der Waals surface area (Å²) in [7, 11) is 3.60. The van der Waals surface area contributed by atoms with Crippen molar-refractivity contribution >= 4 is 0 Å². The topological polar surface area (TPSA) is 27.1 Å². The number of nitrogens with zero attached hydrogens (tertiary/aromatic N) is 2. The first-order chi connectivity index (χ1) is 5.33. The van der Waals surface area contributed by atoms with Crippen LogP contribution in [0.4, 0.5) is 0 Å². The molecule has 1 aliphatic carbocycles. The molecule has 2 rings (SSSR count). The van der Waals surface area contributed by atoms with Crippen LogP contribution in [-0.4, -0.2) is 16.9 Å². The average molecular weight is 151 g/mol. The van der Waals surface area contributed by atoms with Crippen LogP contribution in [0.1, 0.15) is 24.5 Å². The summed E-state index contributed by atoms with van der Waals surface area (Å²) in [5.41, 5.74) is 1.20. The van der Waals surface area contributed by atoms with Crippen molar-refractivity contribution in [2.75, 3.05) is 7.11 Å². The summed E-state index contributed by atoms with van der Waals surface area (Å²) < 4.78 is 6.99. The van der Waals surface area contributed by atoms with Crippen LogP contribution >= 0.6 is 0 Å². The lowest BCUT2D eigenvalue weighted by molar-refractivity contribution is 0.407. The molecule has 0 N–H and O–H groups in total. The Morgan fingerprint density at radius 3 is 2.91 bits per heavy atom. The minimum absolute atomic E-state index is 0.675. The first-order valence-electron chi connectivity index (χ1n) is 3.81. The molecule has 1 aliphatic rings. The van der Waals surface area contributed by atoms with Crippen LogP contribution in [0.5, 0.6) is 5.75 Å². The Hall–Kier alpha value is -0.990. The lowest BCUT2D eigenvalue weighted by Crippen LogP contribution is -1.97. The number of hydrogen-bond donors (Lipinski definition) is 0. The Balaban J connectivity index is 2.38. The van der Waals surface area contributed by atoms with Gasteiger partial charge in [-0.3, -0.25) is 4.68 Å². The fourth-order valence-corrected chi connectivity index (χ4v) is 1.34. The van der Waals surface area contributed by atoms with E-state index in [9.17, 15) is 0 Å². The van der Waals surface area contributed by atoms with Crippen LogP contribution in [0.3, 0.4) is 0 Å². The third-order valence-corrected chi connectivity index (χ3v) is 2.05. The average Bonchev–Trinajstić information content (AvgIpc) is 2.76. The van der Waals surface area contributed by atoms with E-state index in [4.69, 9.17) is 4.74 Å². The molecule has 59 valence electrons. The van der Waals surface area contributed by atoms with Crippen LogP contribution in [-0.2, 0) is 7.05 Å². The monoisotopic (exact) mass is 151 g/mol. The van der Waals surface area contributed by atoms with Gasteiger partial charge in [0.1, 0.15) is 0 Å². The third kappa shape index (κ3) is 1.00. The summed E-state index contributed by atoms with van der Waals surface area (Å²) in [5, 5.41) is 4.02. The molecule has 1 radical (unpaired) electrons. The van der Waals surface area contributed by atoms with Gasteiger partial charge in [-0.25, -0.2) is 0 Å². The number of aromatic nitrogens is 2. The first-order valence-corrected chi connectivity index (χ1v) is 3.81. The predicted molar refractivity (Wildman–Crippen MR) is 40.6 cm³/mol. The highest BCUT2D eigenvalue weighted by molar-refractivity contribution is 5.30. The molecule has 1 fully saturated rings. The third-order valence-electron chi connectivity index (χ3n) is 2.05. The van der Waals surface area contributed by atoms with Gasteiger partial charge in [0.15, 0.2) is 11.9 Å². The van der Waals surface area contributed by atoms with Gasteiger partial charge in [-0.05, 0) is 12.8 Å². The van der Waals surface area contributed by atoms with Crippen molar-refractivity contribution in [1.82, 2.24) is 9.78 Å². The van der Waals surface area contributed by atoms with Crippen molar-refractivity contribution in [3.63, 3.8) is 0 Å². The van der Waals surface area contributed by atoms with Crippen LogP contribution in [0.15, 0.2) is 0 Å². The summed E-state index contributed by atoms with van der Waals surface area (Å²) in [4.78, 5) is 0. The summed E-state index contributed by atoms with van der Waals surface area (Å²) in [6.07, 6.45) is 5.37. The molecule has 0 aliphatic heterocycles. The number of hydrogen-bond acceptors (Lipinski definition) is 2.